The van der Waals surface area contributed by atoms with Crippen LogP contribution in [-0.4, -0.2) is 39.0 Å². The van der Waals surface area contributed by atoms with Gasteiger partial charge in [-0.1, -0.05) is 17.7 Å². The zero-order valence-corrected chi connectivity index (χ0v) is 14.1. The van der Waals surface area contributed by atoms with Gasteiger partial charge in [0.05, 0.1) is 23.4 Å². The van der Waals surface area contributed by atoms with E-state index in [1.165, 1.54) is 5.56 Å². The van der Waals surface area contributed by atoms with Gasteiger partial charge in [-0.15, -0.1) is 0 Å². The van der Waals surface area contributed by atoms with E-state index in [0.717, 1.165) is 30.5 Å². The van der Waals surface area contributed by atoms with E-state index in [0.29, 0.717) is 18.0 Å². The number of hydrogen-bond donors (Lipinski definition) is 1. The van der Waals surface area contributed by atoms with Gasteiger partial charge in [0.15, 0.2) is 5.65 Å². The Morgan fingerprint density at radius 1 is 1.29 bits per heavy atom. The van der Waals surface area contributed by atoms with Gasteiger partial charge < -0.3 is 10.1 Å². The number of rotatable bonds is 4. The minimum atomic E-state index is 0.200. The Morgan fingerprint density at radius 3 is 2.88 bits per heavy atom. The molecule has 0 spiro atoms. The van der Waals surface area contributed by atoms with Gasteiger partial charge in [-0.2, -0.15) is 15.1 Å². The molecule has 1 aliphatic heterocycles. The molecule has 124 valence electrons. The van der Waals surface area contributed by atoms with Crippen LogP contribution in [0.2, 0.25) is 5.28 Å². The van der Waals surface area contributed by atoms with Crippen molar-refractivity contribution in [3.05, 3.63) is 41.3 Å². The van der Waals surface area contributed by atoms with Crippen LogP contribution < -0.4 is 5.32 Å². The standard InChI is InChI=1S/C17H18ClN5O/c1-11-4-6-12(7-5-11)23-16-14(10-20-23)15(21-17(18)22-16)19-9-13-3-2-8-24-13/h4-7,10,13H,2-3,8-9H2,1H3,(H,19,21,22). The number of aromatic nitrogens is 4. The first-order chi connectivity index (χ1) is 11.7. The van der Waals surface area contributed by atoms with Crippen LogP contribution in [0.4, 0.5) is 5.82 Å². The maximum Gasteiger partial charge on any atom is 0.226 e. The molecule has 2 aromatic heterocycles. The normalized spacial score (nSPS) is 17.5. The molecule has 1 saturated heterocycles. The van der Waals surface area contributed by atoms with E-state index in [4.69, 9.17) is 16.3 Å². The summed E-state index contributed by atoms with van der Waals surface area (Å²) in [7, 11) is 0. The molecular weight excluding hydrogens is 326 g/mol. The number of halogens is 1. The highest BCUT2D eigenvalue weighted by molar-refractivity contribution is 6.28. The van der Waals surface area contributed by atoms with Crippen molar-refractivity contribution >= 4 is 28.5 Å². The summed E-state index contributed by atoms with van der Waals surface area (Å²) < 4.78 is 7.42. The lowest BCUT2D eigenvalue weighted by Gasteiger charge is -2.12. The summed E-state index contributed by atoms with van der Waals surface area (Å²) in [6.45, 7) is 3.59. The first-order valence-electron chi connectivity index (χ1n) is 8.04. The van der Waals surface area contributed by atoms with Crippen LogP contribution in [0.1, 0.15) is 18.4 Å². The molecular formula is C17H18ClN5O. The quantitative estimate of drug-likeness (QED) is 0.736. The predicted molar refractivity (Wildman–Crippen MR) is 93.9 cm³/mol. The average Bonchev–Trinajstić information content (AvgIpc) is 3.23. The lowest BCUT2D eigenvalue weighted by molar-refractivity contribution is 0.120. The molecule has 1 aromatic carbocycles. The first kappa shape index (κ1) is 15.4. The fourth-order valence-electron chi connectivity index (χ4n) is 2.91. The van der Waals surface area contributed by atoms with Crippen molar-refractivity contribution < 1.29 is 4.74 Å². The molecule has 1 aliphatic rings. The average molecular weight is 344 g/mol. The van der Waals surface area contributed by atoms with Crippen molar-refractivity contribution in [2.24, 2.45) is 0 Å². The molecule has 1 unspecified atom stereocenters. The van der Waals surface area contributed by atoms with Crippen LogP contribution in [0.3, 0.4) is 0 Å². The zero-order chi connectivity index (χ0) is 16.5. The molecule has 0 radical (unpaired) electrons. The Labute approximate surface area is 144 Å². The zero-order valence-electron chi connectivity index (χ0n) is 13.4. The summed E-state index contributed by atoms with van der Waals surface area (Å²) >= 11 is 6.13. The molecule has 3 aromatic rings. The second-order valence-corrected chi connectivity index (χ2v) is 6.32. The minimum Gasteiger partial charge on any atom is -0.376 e. The fraction of sp³-hybridized carbons (Fsp3) is 0.353. The van der Waals surface area contributed by atoms with Crippen molar-refractivity contribution in [3.8, 4) is 5.69 Å². The summed E-state index contributed by atoms with van der Waals surface area (Å²) in [4.78, 5) is 8.68. The Bertz CT molecular complexity index is 855. The molecule has 1 fully saturated rings. The maximum atomic E-state index is 6.13. The number of fused-ring (bicyclic) bond motifs is 1. The van der Waals surface area contributed by atoms with Gasteiger partial charge in [0.1, 0.15) is 5.82 Å². The number of nitrogens with zero attached hydrogens (tertiary/aromatic N) is 4. The molecule has 0 amide bonds. The molecule has 4 rings (SSSR count). The van der Waals surface area contributed by atoms with Crippen LogP contribution >= 0.6 is 11.6 Å². The monoisotopic (exact) mass is 343 g/mol. The molecule has 3 heterocycles. The summed E-state index contributed by atoms with van der Waals surface area (Å²) in [6, 6.07) is 8.11. The summed E-state index contributed by atoms with van der Waals surface area (Å²) in [5, 5.41) is 8.84. The van der Waals surface area contributed by atoms with Crippen molar-refractivity contribution in [2.45, 2.75) is 25.9 Å². The second-order valence-electron chi connectivity index (χ2n) is 5.99. The van der Waals surface area contributed by atoms with Crippen LogP contribution in [0, 0.1) is 6.92 Å². The van der Waals surface area contributed by atoms with Gasteiger partial charge in [-0.25, -0.2) is 4.68 Å². The summed E-state index contributed by atoms with van der Waals surface area (Å²) in [5.74, 6) is 0.693. The van der Waals surface area contributed by atoms with Gasteiger partial charge >= 0.3 is 0 Å². The topological polar surface area (TPSA) is 64.9 Å². The molecule has 1 atom stereocenters. The number of aryl methyl sites for hydroxylation is 1. The van der Waals surface area contributed by atoms with Gasteiger partial charge in [-0.3, -0.25) is 0 Å². The minimum absolute atomic E-state index is 0.200. The molecule has 0 aliphatic carbocycles. The summed E-state index contributed by atoms with van der Waals surface area (Å²) in [6.07, 6.45) is 4.17. The Kier molecular flexibility index (Phi) is 4.08. The van der Waals surface area contributed by atoms with Gasteiger partial charge in [0.2, 0.25) is 5.28 Å². The highest BCUT2D eigenvalue weighted by atomic mass is 35.5. The molecule has 0 bridgehead atoms. The van der Waals surface area contributed by atoms with Crippen molar-refractivity contribution in [1.82, 2.24) is 19.7 Å². The Balaban J connectivity index is 1.69. The number of ether oxygens (including phenoxy) is 1. The van der Waals surface area contributed by atoms with Gasteiger partial charge in [-0.05, 0) is 43.5 Å². The van der Waals surface area contributed by atoms with E-state index in [1.54, 1.807) is 10.9 Å². The molecule has 1 N–H and O–H groups in total. The van der Waals surface area contributed by atoms with Crippen molar-refractivity contribution in [2.75, 3.05) is 18.5 Å². The smallest absolute Gasteiger partial charge is 0.226 e. The lowest BCUT2D eigenvalue weighted by atomic mass is 10.2. The van der Waals surface area contributed by atoms with Gasteiger partial charge in [0, 0.05) is 13.2 Å². The number of nitrogens with one attached hydrogen (secondary N) is 1. The summed E-state index contributed by atoms with van der Waals surface area (Å²) in [5.41, 5.74) is 2.82. The van der Waals surface area contributed by atoms with E-state index in [1.807, 2.05) is 24.3 Å². The maximum absolute atomic E-state index is 6.13. The number of anilines is 1. The third-order valence-electron chi connectivity index (χ3n) is 4.20. The largest absolute Gasteiger partial charge is 0.376 e. The molecule has 24 heavy (non-hydrogen) atoms. The first-order valence-corrected chi connectivity index (χ1v) is 8.42. The highest BCUT2D eigenvalue weighted by Gasteiger charge is 2.18. The van der Waals surface area contributed by atoms with Crippen LogP contribution in [0.25, 0.3) is 16.7 Å². The number of hydrogen-bond acceptors (Lipinski definition) is 5. The molecule has 7 heteroatoms. The predicted octanol–water partition coefficient (Wildman–Crippen LogP) is 3.37. The van der Waals surface area contributed by atoms with E-state index < -0.39 is 0 Å². The van der Waals surface area contributed by atoms with Crippen LogP contribution in [-0.2, 0) is 4.74 Å². The lowest BCUT2D eigenvalue weighted by Crippen LogP contribution is -2.19. The van der Waals surface area contributed by atoms with Gasteiger partial charge in [0.25, 0.3) is 0 Å². The highest BCUT2D eigenvalue weighted by Crippen LogP contribution is 2.25. The SMILES string of the molecule is Cc1ccc(-n2ncc3c(NCC4CCCO4)nc(Cl)nc32)cc1. The van der Waals surface area contributed by atoms with E-state index in [2.05, 4.69) is 27.3 Å². The van der Waals surface area contributed by atoms with E-state index in [9.17, 15) is 0 Å². The third kappa shape index (κ3) is 2.95. The van der Waals surface area contributed by atoms with Crippen LogP contribution in [0.15, 0.2) is 30.5 Å². The Hall–Kier alpha value is -2.18. The molecule has 6 nitrogen and oxygen atoms in total. The Morgan fingerprint density at radius 2 is 2.12 bits per heavy atom. The van der Waals surface area contributed by atoms with Crippen molar-refractivity contribution in [1.29, 1.82) is 0 Å². The second kappa shape index (κ2) is 6.37. The van der Waals surface area contributed by atoms with E-state index in [-0.39, 0.29) is 11.4 Å². The van der Waals surface area contributed by atoms with Crippen molar-refractivity contribution in [3.63, 3.8) is 0 Å². The molecule has 0 saturated carbocycles. The fourth-order valence-corrected chi connectivity index (χ4v) is 3.07. The number of benzene rings is 1. The van der Waals surface area contributed by atoms with E-state index >= 15 is 0 Å². The third-order valence-corrected chi connectivity index (χ3v) is 4.37. The van der Waals surface area contributed by atoms with Crippen LogP contribution in [0.5, 0.6) is 0 Å².